The predicted molar refractivity (Wildman–Crippen MR) is 94.8 cm³/mol. The first kappa shape index (κ1) is 18.1. The van der Waals surface area contributed by atoms with Gasteiger partial charge in [-0.2, -0.15) is 5.26 Å². The highest BCUT2D eigenvalue weighted by Crippen LogP contribution is 2.54. The molecule has 1 heterocycles. The summed E-state index contributed by atoms with van der Waals surface area (Å²) in [6.45, 7) is 10.7. The zero-order valence-corrected chi connectivity index (χ0v) is 15.0. The zero-order chi connectivity index (χ0) is 18.0. The Bertz CT molecular complexity index is 706. The molecule has 0 aliphatic rings. The number of benzene rings is 1. The molecule has 0 bridgehead atoms. The fourth-order valence-electron chi connectivity index (χ4n) is 3.79. The van der Waals surface area contributed by atoms with Gasteiger partial charge < -0.3 is 0 Å². The molecule has 2 aromatic rings. The summed E-state index contributed by atoms with van der Waals surface area (Å²) in [6, 6.07) is 14.5. The van der Waals surface area contributed by atoms with Crippen molar-refractivity contribution in [1.82, 2.24) is 4.98 Å². The first-order chi connectivity index (χ1) is 11.3. The quantitative estimate of drug-likeness (QED) is 0.743. The lowest BCUT2D eigenvalue weighted by molar-refractivity contribution is 0.0742. The molecule has 1 aromatic carbocycles. The molecule has 0 N–H and O–H groups in total. The fraction of sp³-hybridized carbons (Fsp3) is 0.429. The minimum Gasteiger partial charge on any atom is -0.259 e. The molecular weight excluding hydrogens is 299 g/mol. The molecule has 0 radical (unpaired) electrons. The molecule has 0 aliphatic carbocycles. The Kier molecular flexibility index (Phi) is 5.08. The van der Waals surface area contributed by atoms with Gasteiger partial charge in [0.25, 0.3) is 0 Å². The molecule has 1 atom stereocenters. The molecule has 0 amide bonds. The second-order valence-corrected chi connectivity index (χ2v) is 7.18. The van der Waals surface area contributed by atoms with Gasteiger partial charge in [0.15, 0.2) is 0 Å². The van der Waals surface area contributed by atoms with Crippen LogP contribution in [0.5, 0.6) is 0 Å². The summed E-state index contributed by atoms with van der Waals surface area (Å²) >= 11 is 0. The third kappa shape index (κ3) is 2.60. The summed E-state index contributed by atoms with van der Waals surface area (Å²) in [5, 5.41) is 10.4. The summed E-state index contributed by atoms with van der Waals surface area (Å²) in [5.74, 6) is 0.149. The third-order valence-corrected chi connectivity index (χ3v) is 5.70. The van der Waals surface area contributed by atoms with E-state index >= 15 is 0 Å². The minimum absolute atomic E-state index is 0.226. The molecule has 0 aliphatic heterocycles. The number of halogens is 1. The normalized spacial score (nSPS) is 14.5. The van der Waals surface area contributed by atoms with Crippen molar-refractivity contribution < 1.29 is 4.39 Å². The van der Waals surface area contributed by atoms with Crippen LogP contribution in [0.4, 0.5) is 4.39 Å². The molecule has 2 nitrogen and oxygen atoms in total. The molecule has 0 fully saturated rings. The summed E-state index contributed by atoms with van der Waals surface area (Å²) in [4.78, 5) is 4.54. The first-order valence-electron chi connectivity index (χ1n) is 8.39. The lowest BCUT2D eigenvalue weighted by Gasteiger charge is -2.50. The van der Waals surface area contributed by atoms with Gasteiger partial charge in [-0.3, -0.25) is 4.98 Å². The van der Waals surface area contributed by atoms with Gasteiger partial charge in [0.1, 0.15) is 11.2 Å². The van der Waals surface area contributed by atoms with E-state index in [-0.39, 0.29) is 23.1 Å². The summed E-state index contributed by atoms with van der Waals surface area (Å²) in [6.07, 6.45) is 1.71. The fourth-order valence-corrected chi connectivity index (χ4v) is 3.79. The zero-order valence-electron chi connectivity index (χ0n) is 15.0. The standard InChI is InChI=1S/C21H25FN2/c1-15(2)20(5,16(3)4)21(14-23,19-8-6-7-13-24-19)17-9-11-18(22)12-10-17/h6-13,15-16H,1-5H3. The highest BCUT2D eigenvalue weighted by atomic mass is 19.1. The lowest BCUT2D eigenvalue weighted by Crippen LogP contribution is -2.51. The van der Waals surface area contributed by atoms with Crippen LogP contribution >= 0.6 is 0 Å². The van der Waals surface area contributed by atoms with Gasteiger partial charge in [0.2, 0.25) is 0 Å². The van der Waals surface area contributed by atoms with Gasteiger partial charge in [-0.1, -0.05) is 52.8 Å². The Labute approximate surface area is 144 Å². The second kappa shape index (κ2) is 6.73. The van der Waals surface area contributed by atoms with Crippen LogP contribution in [-0.2, 0) is 5.41 Å². The van der Waals surface area contributed by atoms with Crippen LogP contribution < -0.4 is 0 Å². The van der Waals surface area contributed by atoms with Crippen molar-refractivity contribution in [3.63, 3.8) is 0 Å². The molecule has 0 spiro atoms. The number of hydrogen-bond acceptors (Lipinski definition) is 2. The van der Waals surface area contributed by atoms with Crippen molar-refractivity contribution in [2.45, 2.75) is 40.0 Å². The Morgan fingerprint density at radius 3 is 2.00 bits per heavy atom. The number of hydrogen-bond donors (Lipinski definition) is 0. The SMILES string of the molecule is CC(C)C(C)(C(C)C)C(C#N)(c1ccc(F)cc1)c1ccccn1. The Morgan fingerprint density at radius 2 is 1.58 bits per heavy atom. The van der Waals surface area contributed by atoms with E-state index in [1.54, 1.807) is 18.3 Å². The summed E-state index contributed by atoms with van der Waals surface area (Å²) < 4.78 is 13.5. The van der Waals surface area contributed by atoms with Gasteiger partial charge in [0, 0.05) is 11.6 Å². The molecule has 3 heteroatoms. The van der Waals surface area contributed by atoms with Crippen molar-refractivity contribution >= 4 is 0 Å². The van der Waals surface area contributed by atoms with Crippen LogP contribution in [0.2, 0.25) is 0 Å². The van der Waals surface area contributed by atoms with Crippen LogP contribution in [0.15, 0.2) is 48.7 Å². The van der Waals surface area contributed by atoms with Crippen molar-refractivity contribution in [2.75, 3.05) is 0 Å². The monoisotopic (exact) mass is 324 g/mol. The van der Waals surface area contributed by atoms with E-state index in [0.29, 0.717) is 5.69 Å². The third-order valence-electron chi connectivity index (χ3n) is 5.70. The van der Waals surface area contributed by atoms with Crippen molar-refractivity contribution in [1.29, 1.82) is 5.26 Å². The van der Waals surface area contributed by atoms with Gasteiger partial charge in [-0.05, 0) is 41.7 Å². The first-order valence-corrected chi connectivity index (χ1v) is 8.39. The van der Waals surface area contributed by atoms with Crippen molar-refractivity contribution in [2.24, 2.45) is 17.3 Å². The topological polar surface area (TPSA) is 36.7 Å². The maximum atomic E-state index is 13.5. The van der Waals surface area contributed by atoms with E-state index in [0.717, 1.165) is 5.56 Å². The highest BCUT2D eigenvalue weighted by molar-refractivity contribution is 5.46. The number of nitriles is 1. The highest BCUT2D eigenvalue weighted by Gasteiger charge is 2.55. The molecule has 24 heavy (non-hydrogen) atoms. The van der Waals surface area contributed by atoms with Gasteiger partial charge >= 0.3 is 0 Å². The molecular formula is C21H25FN2. The molecule has 0 saturated carbocycles. The van der Waals surface area contributed by atoms with E-state index in [1.165, 1.54) is 12.1 Å². The number of pyridine rings is 1. The van der Waals surface area contributed by atoms with E-state index < -0.39 is 5.41 Å². The average molecular weight is 324 g/mol. The Hall–Kier alpha value is -2.21. The lowest BCUT2D eigenvalue weighted by atomic mass is 9.51. The second-order valence-electron chi connectivity index (χ2n) is 7.18. The molecule has 0 saturated heterocycles. The van der Waals surface area contributed by atoms with Crippen LogP contribution in [-0.4, -0.2) is 4.98 Å². The van der Waals surface area contributed by atoms with E-state index in [2.05, 4.69) is 45.7 Å². The number of aromatic nitrogens is 1. The van der Waals surface area contributed by atoms with Crippen LogP contribution in [0, 0.1) is 34.4 Å². The van der Waals surface area contributed by atoms with Gasteiger partial charge in [0.05, 0.1) is 11.8 Å². The molecule has 1 aromatic heterocycles. The maximum Gasteiger partial charge on any atom is 0.130 e. The van der Waals surface area contributed by atoms with E-state index in [9.17, 15) is 9.65 Å². The van der Waals surface area contributed by atoms with E-state index in [1.807, 2.05) is 18.2 Å². The van der Waals surface area contributed by atoms with Crippen molar-refractivity contribution in [3.8, 4) is 6.07 Å². The smallest absolute Gasteiger partial charge is 0.130 e. The summed E-state index contributed by atoms with van der Waals surface area (Å²) in [7, 11) is 0. The van der Waals surface area contributed by atoms with E-state index in [4.69, 9.17) is 0 Å². The maximum absolute atomic E-state index is 13.5. The van der Waals surface area contributed by atoms with Crippen molar-refractivity contribution in [3.05, 3.63) is 65.7 Å². The molecule has 1 unspecified atom stereocenters. The summed E-state index contributed by atoms with van der Waals surface area (Å²) in [5.41, 5.74) is 0.164. The van der Waals surface area contributed by atoms with Crippen LogP contribution in [0.25, 0.3) is 0 Å². The molecule has 126 valence electrons. The Morgan fingerprint density at radius 1 is 1.00 bits per heavy atom. The number of nitrogens with zero attached hydrogens (tertiary/aromatic N) is 2. The minimum atomic E-state index is -0.954. The number of rotatable bonds is 5. The molecule has 2 rings (SSSR count). The van der Waals surface area contributed by atoms with Gasteiger partial charge in [-0.15, -0.1) is 0 Å². The van der Waals surface area contributed by atoms with Crippen LogP contribution in [0.1, 0.15) is 45.9 Å². The average Bonchev–Trinajstić information content (AvgIpc) is 2.57. The Balaban J connectivity index is 2.88. The van der Waals surface area contributed by atoms with Gasteiger partial charge in [-0.25, -0.2) is 4.39 Å². The largest absolute Gasteiger partial charge is 0.259 e. The predicted octanol–water partition coefficient (Wildman–Crippen LogP) is 5.35. The van der Waals surface area contributed by atoms with Crippen LogP contribution in [0.3, 0.4) is 0 Å².